The molecule has 1 aromatic rings. The van der Waals surface area contributed by atoms with Crippen molar-refractivity contribution in [1.82, 2.24) is 10.2 Å². The number of aliphatic hydroxyl groups excluding tert-OH is 1. The summed E-state index contributed by atoms with van der Waals surface area (Å²) in [7, 11) is 1.80. The van der Waals surface area contributed by atoms with Crippen LogP contribution in [-0.4, -0.2) is 54.8 Å². The summed E-state index contributed by atoms with van der Waals surface area (Å²) < 4.78 is 5.67. The molecule has 2 rings (SSSR count). The van der Waals surface area contributed by atoms with Crippen molar-refractivity contribution >= 4 is 5.91 Å². The smallest absolute Gasteiger partial charge is 0.239 e. The molecule has 1 fully saturated rings. The van der Waals surface area contributed by atoms with Crippen molar-refractivity contribution in [2.75, 3.05) is 26.7 Å². The SMILES string of the molecule is CC(OCC(O)CNC1CCN(C)C1=O)c1ccccc1. The van der Waals surface area contributed by atoms with Crippen LogP contribution >= 0.6 is 0 Å². The minimum atomic E-state index is -0.616. The molecule has 3 unspecified atom stereocenters. The average Bonchev–Trinajstić information content (AvgIpc) is 2.83. The molecule has 21 heavy (non-hydrogen) atoms. The second kappa shape index (κ2) is 7.54. The summed E-state index contributed by atoms with van der Waals surface area (Å²) in [6.45, 7) is 3.35. The van der Waals surface area contributed by atoms with Gasteiger partial charge in [-0.25, -0.2) is 0 Å². The second-order valence-corrected chi connectivity index (χ2v) is 5.55. The highest BCUT2D eigenvalue weighted by molar-refractivity contribution is 5.83. The van der Waals surface area contributed by atoms with Crippen LogP contribution in [0.4, 0.5) is 0 Å². The number of rotatable bonds is 7. The molecule has 1 saturated heterocycles. The fourth-order valence-electron chi connectivity index (χ4n) is 2.42. The molecular formula is C16H24N2O3. The normalized spacial score (nSPS) is 21.6. The van der Waals surface area contributed by atoms with Gasteiger partial charge in [0.05, 0.1) is 24.9 Å². The fourth-order valence-corrected chi connectivity index (χ4v) is 2.42. The van der Waals surface area contributed by atoms with E-state index in [9.17, 15) is 9.90 Å². The van der Waals surface area contributed by atoms with Gasteiger partial charge in [-0.3, -0.25) is 4.79 Å². The third kappa shape index (κ3) is 4.52. The predicted octanol–water partition coefficient (Wildman–Crippen LogP) is 0.945. The van der Waals surface area contributed by atoms with E-state index in [1.807, 2.05) is 37.3 Å². The van der Waals surface area contributed by atoms with E-state index >= 15 is 0 Å². The minimum absolute atomic E-state index is 0.0555. The van der Waals surface area contributed by atoms with Crippen molar-refractivity contribution in [2.24, 2.45) is 0 Å². The summed E-state index contributed by atoms with van der Waals surface area (Å²) in [5.74, 6) is 0.0979. The van der Waals surface area contributed by atoms with Crippen LogP contribution in [-0.2, 0) is 9.53 Å². The Kier molecular flexibility index (Phi) is 5.73. The van der Waals surface area contributed by atoms with E-state index in [2.05, 4.69) is 5.32 Å². The van der Waals surface area contributed by atoms with Gasteiger partial charge in [0.1, 0.15) is 0 Å². The van der Waals surface area contributed by atoms with Gasteiger partial charge in [-0.1, -0.05) is 30.3 Å². The van der Waals surface area contributed by atoms with Crippen LogP contribution in [0.1, 0.15) is 25.0 Å². The number of likely N-dealkylation sites (tertiary alicyclic amines) is 1. The molecule has 1 aliphatic rings. The number of benzene rings is 1. The maximum absolute atomic E-state index is 11.7. The fraction of sp³-hybridized carbons (Fsp3) is 0.562. The Morgan fingerprint density at radius 1 is 1.43 bits per heavy atom. The molecule has 0 bridgehead atoms. The van der Waals surface area contributed by atoms with Crippen LogP contribution in [0.3, 0.4) is 0 Å². The molecule has 2 N–H and O–H groups in total. The van der Waals surface area contributed by atoms with Gasteiger partial charge in [0.2, 0.25) is 5.91 Å². The number of aliphatic hydroxyl groups is 1. The highest BCUT2D eigenvalue weighted by Crippen LogP contribution is 2.16. The lowest BCUT2D eigenvalue weighted by molar-refractivity contribution is -0.128. The van der Waals surface area contributed by atoms with Crippen LogP contribution in [0.2, 0.25) is 0 Å². The van der Waals surface area contributed by atoms with Crippen molar-refractivity contribution in [2.45, 2.75) is 31.6 Å². The lowest BCUT2D eigenvalue weighted by Gasteiger charge is -2.18. The van der Waals surface area contributed by atoms with Crippen LogP contribution < -0.4 is 5.32 Å². The Balaban J connectivity index is 1.68. The first-order valence-corrected chi connectivity index (χ1v) is 7.41. The number of carbonyl (C=O) groups is 1. The molecule has 5 heteroatoms. The number of hydrogen-bond acceptors (Lipinski definition) is 4. The van der Waals surface area contributed by atoms with E-state index in [4.69, 9.17) is 4.74 Å². The summed E-state index contributed by atoms with van der Waals surface area (Å²) in [4.78, 5) is 13.4. The Morgan fingerprint density at radius 3 is 2.76 bits per heavy atom. The second-order valence-electron chi connectivity index (χ2n) is 5.55. The number of amides is 1. The number of nitrogens with zero attached hydrogens (tertiary/aromatic N) is 1. The average molecular weight is 292 g/mol. The van der Waals surface area contributed by atoms with E-state index < -0.39 is 6.10 Å². The van der Waals surface area contributed by atoms with Crippen molar-refractivity contribution in [3.63, 3.8) is 0 Å². The number of ether oxygens (including phenoxy) is 1. The van der Waals surface area contributed by atoms with Crippen molar-refractivity contribution in [3.8, 4) is 0 Å². The van der Waals surface area contributed by atoms with Gasteiger partial charge in [-0.05, 0) is 18.9 Å². The number of carbonyl (C=O) groups excluding carboxylic acids is 1. The number of hydrogen-bond donors (Lipinski definition) is 2. The van der Waals surface area contributed by atoms with Gasteiger partial charge >= 0.3 is 0 Å². The molecule has 0 saturated carbocycles. The van der Waals surface area contributed by atoms with E-state index in [0.717, 1.165) is 18.5 Å². The topological polar surface area (TPSA) is 61.8 Å². The van der Waals surface area contributed by atoms with Crippen LogP contribution in [0.5, 0.6) is 0 Å². The Morgan fingerprint density at radius 2 is 2.14 bits per heavy atom. The summed E-state index contributed by atoms with van der Waals surface area (Å²) >= 11 is 0. The summed E-state index contributed by atoms with van der Waals surface area (Å²) in [6, 6.07) is 9.73. The molecule has 1 aliphatic heterocycles. The molecule has 1 aromatic carbocycles. The van der Waals surface area contributed by atoms with E-state index in [0.29, 0.717) is 6.54 Å². The minimum Gasteiger partial charge on any atom is -0.389 e. The van der Waals surface area contributed by atoms with E-state index in [-0.39, 0.29) is 24.7 Å². The predicted molar refractivity (Wildman–Crippen MR) is 80.9 cm³/mol. The van der Waals surface area contributed by atoms with Crippen LogP contribution in [0.15, 0.2) is 30.3 Å². The molecule has 5 nitrogen and oxygen atoms in total. The molecule has 1 heterocycles. The zero-order chi connectivity index (χ0) is 15.2. The maximum Gasteiger partial charge on any atom is 0.239 e. The van der Waals surface area contributed by atoms with Gasteiger partial charge in [0.25, 0.3) is 0 Å². The monoisotopic (exact) mass is 292 g/mol. The first kappa shape index (κ1) is 15.9. The first-order valence-electron chi connectivity index (χ1n) is 7.41. The molecule has 3 atom stereocenters. The highest BCUT2D eigenvalue weighted by atomic mass is 16.5. The molecule has 0 aromatic heterocycles. The summed E-state index contributed by atoms with van der Waals surface area (Å²) in [5, 5.41) is 13.0. The highest BCUT2D eigenvalue weighted by Gasteiger charge is 2.28. The van der Waals surface area contributed by atoms with Crippen molar-refractivity contribution in [1.29, 1.82) is 0 Å². The van der Waals surface area contributed by atoms with Gasteiger partial charge < -0.3 is 20.1 Å². The Labute approximate surface area is 125 Å². The Hall–Kier alpha value is -1.43. The molecule has 0 aliphatic carbocycles. The van der Waals surface area contributed by atoms with Gasteiger partial charge in [0, 0.05) is 20.1 Å². The first-order chi connectivity index (χ1) is 10.1. The van der Waals surface area contributed by atoms with Crippen molar-refractivity contribution in [3.05, 3.63) is 35.9 Å². The maximum atomic E-state index is 11.7. The third-order valence-corrected chi connectivity index (χ3v) is 3.83. The Bertz CT molecular complexity index is 452. The van der Waals surface area contributed by atoms with Gasteiger partial charge in [-0.2, -0.15) is 0 Å². The quantitative estimate of drug-likeness (QED) is 0.785. The summed E-state index contributed by atoms with van der Waals surface area (Å²) in [6.07, 6.45) is 0.124. The standard InChI is InChI=1S/C16H24N2O3/c1-12(13-6-4-3-5-7-13)21-11-14(19)10-17-15-8-9-18(2)16(15)20/h3-7,12,14-15,17,19H,8-11H2,1-2H3. The zero-order valence-electron chi connectivity index (χ0n) is 12.7. The van der Waals surface area contributed by atoms with Crippen LogP contribution in [0, 0.1) is 0 Å². The van der Waals surface area contributed by atoms with Gasteiger partial charge in [0.15, 0.2) is 0 Å². The number of nitrogens with one attached hydrogen (secondary N) is 1. The number of likely N-dealkylation sites (N-methyl/N-ethyl adjacent to an activating group) is 1. The molecule has 1 amide bonds. The van der Waals surface area contributed by atoms with E-state index in [1.165, 1.54) is 0 Å². The van der Waals surface area contributed by atoms with E-state index in [1.54, 1.807) is 11.9 Å². The summed E-state index contributed by atoms with van der Waals surface area (Å²) in [5.41, 5.74) is 1.09. The lowest BCUT2D eigenvalue weighted by atomic mass is 10.1. The molecular weight excluding hydrogens is 268 g/mol. The zero-order valence-corrected chi connectivity index (χ0v) is 12.7. The molecule has 0 radical (unpaired) electrons. The molecule has 116 valence electrons. The third-order valence-electron chi connectivity index (χ3n) is 3.83. The lowest BCUT2D eigenvalue weighted by Crippen LogP contribution is -2.41. The van der Waals surface area contributed by atoms with Gasteiger partial charge in [-0.15, -0.1) is 0 Å². The molecule has 0 spiro atoms. The largest absolute Gasteiger partial charge is 0.389 e. The van der Waals surface area contributed by atoms with Crippen molar-refractivity contribution < 1.29 is 14.6 Å². The van der Waals surface area contributed by atoms with Crippen LogP contribution in [0.25, 0.3) is 0 Å².